The number of fused-ring (bicyclic) bond motifs is 1. The summed E-state index contributed by atoms with van der Waals surface area (Å²) < 4.78 is 5.18. The molecule has 1 aromatic rings. The van der Waals surface area contributed by atoms with Gasteiger partial charge in [0, 0.05) is 12.1 Å². The third kappa shape index (κ3) is 1.63. The number of benzene rings is 1. The number of carbonyl (C=O) groups is 1. The average molecular weight is 203 g/mol. The molecule has 2 aliphatic rings. The number of hydrogen-bond acceptors (Lipinski definition) is 2. The van der Waals surface area contributed by atoms with Gasteiger partial charge in [-0.1, -0.05) is 18.2 Å². The van der Waals surface area contributed by atoms with E-state index in [9.17, 15) is 4.79 Å². The molecule has 3 heteroatoms. The van der Waals surface area contributed by atoms with Gasteiger partial charge in [-0.2, -0.15) is 0 Å². The van der Waals surface area contributed by atoms with Gasteiger partial charge in [0.25, 0.3) is 0 Å². The first kappa shape index (κ1) is 8.92. The summed E-state index contributed by atoms with van der Waals surface area (Å²) in [6, 6.07) is 8.13. The van der Waals surface area contributed by atoms with Gasteiger partial charge in [0.1, 0.15) is 0 Å². The van der Waals surface area contributed by atoms with E-state index in [1.54, 1.807) is 0 Å². The van der Waals surface area contributed by atoms with Gasteiger partial charge in [0.05, 0.1) is 19.3 Å². The van der Waals surface area contributed by atoms with Crippen molar-refractivity contribution in [3.8, 4) is 0 Å². The third-order valence-corrected chi connectivity index (χ3v) is 2.98. The van der Waals surface area contributed by atoms with E-state index in [-0.39, 0.29) is 12.0 Å². The van der Waals surface area contributed by atoms with Crippen molar-refractivity contribution < 1.29 is 9.53 Å². The maximum Gasteiger partial charge on any atom is 0.227 e. The van der Waals surface area contributed by atoms with Crippen molar-refractivity contribution in [2.24, 2.45) is 0 Å². The normalized spacial score (nSPS) is 23.9. The summed E-state index contributed by atoms with van der Waals surface area (Å²) in [4.78, 5) is 13.7. The molecule has 15 heavy (non-hydrogen) atoms. The number of amides is 1. The average Bonchev–Trinajstić information content (AvgIpc) is 3.06. The van der Waals surface area contributed by atoms with Crippen molar-refractivity contribution in [2.75, 3.05) is 18.1 Å². The Kier molecular flexibility index (Phi) is 1.99. The Balaban J connectivity index is 1.93. The number of ether oxygens (including phenoxy) is 1. The highest BCUT2D eigenvalue weighted by atomic mass is 16.6. The van der Waals surface area contributed by atoms with E-state index in [0.29, 0.717) is 6.42 Å². The Labute approximate surface area is 88.6 Å². The summed E-state index contributed by atoms with van der Waals surface area (Å²) in [5.74, 6) is 0.226. The van der Waals surface area contributed by atoms with Crippen LogP contribution in [0.15, 0.2) is 24.3 Å². The fourth-order valence-corrected chi connectivity index (χ4v) is 2.07. The number of hydrogen-bond donors (Lipinski definition) is 0. The van der Waals surface area contributed by atoms with E-state index < -0.39 is 0 Å². The molecule has 2 heterocycles. The third-order valence-electron chi connectivity index (χ3n) is 2.98. The molecule has 0 aromatic heterocycles. The van der Waals surface area contributed by atoms with E-state index >= 15 is 0 Å². The summed E-state index contributed by atoms with van der Waals surface area (Å²) in [6.07, 6.45) is 1.76. The van der Waals surface area contributed by atoms with Crippen LogP contribution in [0.3, 0.4) is 0 Å². The standard InChI is InChI=1S/C12H13NO2/c14-12-6-5-9-3-1-2-4-11(9)13(12)7-10-8-15-10/h1-4,10H,5-8H2. The van der Waals surface area contributed by atoms with Crippen LogP contribution in [0, 0.1) is 0 Å². The fourth-order valence-electron chi connectivity index (χ4n) is 2.07. The Morgan fingerprint density at radius 1 is 1.33 bits per heavy atom. The van der Waals surface area contributed by atoms with Crippen LogP contribution in [0.25, 0.3) is 0 Å². The van der Waals surface area contributed by atoms with Crippen LogP contribution in [0.4, 0.5) is 5.69 Å². The lowest BCUT2D eigenvalue weighted by molar-refractivity contribution is -0.119. The first-order chi connectivity index (χ1) is 7.34. The molecule has 1 unspecified atom stereocenters. The molecular formula is C12H13NO2. The van der Waals surface area contributed by atoms with Crippen LogP contribution in [-0.4, -0.2) is 25.2 Å². The van der Waals surface area contributed by atoms with Crippen LogP contribution in [0.1, 0.15) is 12.0 Å². The molecule has 0 N–H and O–H groups in total. The summed E-state index contributed by atoms with van der Waals surface area (Å²) >= 11 is 0. The molecule has 3 nitrogen and oxygen atoms in total. The molecule has 1 fully saturated rings. The molecule has 0 spiro atoms. The Morgan fingerprint density at radius 2 is 2.13 bits per heavy atom. The quantitative estimate of drug-likeness (QED) is 0.680. The second-order valence-electron chi connectivity index (χ2n) is 4.09. The monoisotopic (exact) mass is 203 g/mol. The van der Waals surface area contributed by atoms with Gasteiger partial charge in [-0.05, 0) is 18.1 Å². The Morgan fingerprint density at radius 3 is 2.93 bits per heavy atom. The summed E-state index contributed by atoms with van der Waals surface area (Å²) in [6.45, 7) is 1.52. The number of aryl methyl sites for hydroxylation is 1. The number of anilines is 1. The molecule has 1 aromatic carbocycles. The summed E-state index contributed by atoms with van der Waals surface area (Å²) in [7, 11) is 0. The lowest BCUT2D eigenvalue weighted by Crippen LogP contribution is -2.37. The first-order valence-electron chi connectivity index (χ1n) is 5.34. The fraction of sp³-hybridized carbons (Fsp3) is 0.417. The lowest BCUT2D eigenvalue weighted by atomic mass is 10.0. The van der Waals surface area contributed by atoms with Gasteiger partial charge in [-0.25, -0.2) is 0 Å². The lowest BCUT2D eigenvalue weighted by Gasteiger charge is -2.28. The molecule has 1 atom stereocenters. The van der Waals surface area contributed by atoms with Gasteiger partial charge >= 0.3 is 0 Å². The molecule has 0 aliphatic carbocycles. The maximum atomic E-state index is 11.8. The number of nitrogens with zero attached hydrogens (tertiary/aromatic N) is 1. The smallest absolute Gasteiger partial charge is 0.227 e. The number of epoxide rings is 1. The van der Waals surface area contributed by atoms with Crippen molar-refractivity contribution in [2.45, 2.75) is 18.9 Å². The minimum absolute atomic E-state index is 0.226. The second kappa shape index (κ2) is 3.35. The van der Waals surface area contributed by atoms with Crippen molar-refractivity contribution in [1.82, 2.24) is 0 Å². The van der Waals surface area contributed by atoms with Crippen molar-refractivity contribution in [3.05, 3.63) is 29.8 Å². The molecule has 0 bridgehead atoms. The summed E-state index contributed by atoms with van der Waals surface area (Å²) in [5.41, 5.74) is 2.35. The first-order valence-corrected chi connectivity index (χ1v) is 5.34. The zero-order chi connectivity index (χ0) is 10.3. The van der Waals surface area contributed by atoms with Gasteiger partial charge in [-0.15, -0.1) is 0 Å². The minimum Gasteiger partial charge on any atom is -0.371 e. The largest absolute Gasteiger partial charge is 0.371 e. The second-order valence-corrected chi connectivity index (χ2v) is 4.09. The van der Waals surface area contributed by atoms with Crippen LogP contribution in [0.2, 0.25) is 0 Å². The van der Waals surface area contributed by atoms with E-state index in [1.165, 1.54) is 5.56 Å². The highest BCUT2D eigenvalue weighted by Gasteiger charge is 2.31. The Bertz CT molecular complexity index is 398. The molecule has 1 amide bonds. The molecule has 0 radical (unpaired) electrons. The van der Waals surface area contributed by atoms with E-state index in [1.807, 2.05) is 23.1 Å². The predicted molar refractivity (Wildman–Crippen MR) is 56.9 cm³/mol. The van der Waals surface area contributed by atoms with E-state index in [2.05, 4.69) is 6.07 Å². The topological polar surface area (TPSA) is 32.8 Å². The zero-order valence-electron chi connectivity index (χ0n) is 8.48. The van der Waals surface area contributed by atoms with E-state index in [4.69, 9.17) is 4.74 Å². The number of para-hydroxylation sites is 1. The number of rotatable bonds is 2. The van der Waals surface area contributed by atoms with Gasteiger partial charge in [0.15, 0.2) is 0 Å². The molecule has 78 valence electrons. The van der Waals surface area contributed by atoms with Gasteiger partial charge in [-0.3, -0.25) is 4.79 Å². The highest BCUT2D eigenvalue weighted by Crippen LogP contribution is 2.28. The van der Waals surface area contributed by atoms with Gasteiger partial charge < -0.3 is 9.64 Å². The molecule has 2 aliphatic heterocycles. The van der Waals surface area contributed by atoms with Crippen LogP contribution in [-0.2, 0) is 16.0 Å². The SMILES string of the molecule is O=C1CCc2ccccc2N1CC1CO1. The van der Waals surface area contributed by atoms with Gasteiger partial charge in [0.2, 0.25) is 5.91 Å². The highest BCUT2D eigenvalue weighted by molar-refractivity contribution is 5.96. The Hall–Kier alpha value is -1.35. The van der Waals surface area contributed by atoms with Crippen LogP contribution in [0.5, 0.6) is 0 Å². The van der Waals surface area contributed by atoms with Crippen molar-refractivity contribution in [3.63, 3.8) is 0 Å². The molecular weight excluding hydrogens is 190 g/mol. The zero-order valence-corrected chi connectivity index (χ0v) is 8.48. The minimum atomic E-state index is 0.226. The molecule has 1 saturated heterocycles. The summed E-state index contributed by atoms with van der Waals surface area (Å²) in [5, 5.41) is 0. The maximum absolute atomic E-state index is 11.8. The van der Waals surface area contributed by atoms with Crippen LogP contribution >= 0.6 is 0 Å². The van der Waals surface area contributed by atoms with E-state index in [0.717, 1.165) is 25.3 Å². The van der Waals surface area contributed by atoms with Crippen molar-refractivity contribution in [1.29, 1.82) is 0 Å². The number of carbonyl (C=O) groups excluding carboxylic acids is 1. The predicted octanol–water partition coefficient (Wildman–Crippen LogP) is 1.36. The van der Waals surface area contributed by atoms with Crippen LogP contribution < -0.4 is 4.90 Å². The molecule has 0 saturated carbocycles. The molecule has 3 rings (SSSR count). The van der Waals surface area contributed by atoms with Crippen molar-refractivity contribution >= 4 is 11.6 Å².